The molecule has 0 radical (unpaired) electrons. The van der Waals surface area contributed by atoms with Crippen LogP contribution in [0.5, 0.6) is 0 Å². The van der Waals surface area contributed by atoms with Gasteiger partial charge in [-0.1, -0.05) is 0 Å². The minimum Gasteiger partial charge on any atom is -0.393 e. The van der Waals surface area contributed by atoms with Crippen LogP contribution in [0.1, 0.15) is 31.2 Å². The van der Waals surface area contributed by atoms with Crippen molar-refractivity contribution in [1.82, 2.24) is 0 Å². The zero-order chi connectivity index (χ0) is 13.2. The molecule has 0 unspecified atom stereocenters. The van der Waals surface area contributed by atoms with Crippen LogP contribution in [-0.2, 0) is 6.18 Å². The third-order valence-electron chi connectivity index (χ3n) is 3.28. The highest BCUT2D eigenvalue weighted by atomic mass is 19.4. The van der Waals surface area contributed by atoms with E-state index in [4.69, 9.17) is 0 Å². The lowest BCUT2D eigenvalue weighted by Gasteiger charge is -2.27. The fourth-order valence-corrected chi connectivity index (χ4v) is 2.21. The zero-order valence-corrected chi connectivity index (χ0v) is 9.87. The van der Waals surface area contributed by atoms with Crippen LogP contribution >= 0.6 is 0 Å². The Morgan fingerprint density at radius 1 is 1.00 bits per heavy atom. The van der Waals surface area contributed by atoms with Gasteiger partial charge in [-0.25, -0.2) is 0 Å². The van der Waals surface area contributed by atoms with E-state index >= 15 is 0 Å². The predicted octanol–water partition coefficient (Wildman–Crippen LogP) is 3.42. The number of hydrogen-bond acceptors (Lipinski definition) is 2. The Labute approximate surface area is 104 Å². The topological polar surface area (TPSA) is 32.3 Å². The molecular weight excluding hydrogens is 243 g/mol. The lowest BCUT2D eigenvalue weighted by Crippen LogP contribution is -2.28. The minimum absolute atomic E-state index is 0.226. The second kappa shape index (κ2) is 5.18. The number of anilines is 1. The van der Waals surface area contributed by atoms with Crippen LogP contribution < -0.4 is 5.32 Å². The van der Waals surface area contributed by atoms with Gasteiger partial charge < -0.3 is 10.4 Å². The largest absolute Gasteiger partial charge is 0.416 e. The molecule has 2 nitrogen and oxygen atoms in total. The summed E-state index contributed by atoms with van der Waals surface area (Å²) in [6.07, 6.45) is -1.32. The summed E-state index contributed by atoms with van der Waals surface area (Å²) in [6, 6.07) is 5.31. The van der Waals surface area contributed by atoms with Crippen LogP contribution in [0.2, 0.25) is 0 Å². The van der Waals surface area contributed by atoms with Gasteiger partial charge in [0.15, 0.2) is 0 Å². The maximum absolute atomic E-state index is 12.4. The molecule has 0 bridgehead atoms. The standard InChI is InChI=1S/C13H16F3NO/c14-13(15,16)9-1-3-10(4-2-9)17-11-5-7-12(18)8-6-11/h1-4,11-12,17-18H,5-8H2. The molecule has 100 valence electrons. The van der Waals surface area contributed by atoms with Crippen molar-refractivity contribution in [1.29, 1.82) is 0 Å². The second-order valence-electron chi connectivity index (χ2n) is 4.72. The molecule has 1 fully saturated rings. The van der Waals surface area contributed by atoms with Crippen LogP contribution in [0.15, 0.2) is 24.3 Å². The van der Waals surface area contributed by atoms with Crippen LogP contribution in [0.3, 0.4) is 0 Å². The summed E-state index contributed by atoms with van der Waals surface area (Å²) in [4.78, 5) is 0. The molecule has 2 rings (SSSR count). The molecule has 2 N–H and O–H groups in total. The Hall–Kier alpha value is -1.23. The molecular formula is C13H16F3NO. The third-order valence-corrected chi connectivity index (χ3v) is 3.28. The maximum atomic E-state index is 12.4. The molecule has 0 atom stereocenters. The molecule has 5 heteroatoms. The van der Waals surface area contributed by atoms with E-state index in [0.29, 0.717) is 5.69 Å². The summed E-state index contributed by atoms with van der Waals surface area (Å²) in [5, 5.41) is 12.6. The summed E-state index contributed by atoms with van der Waals surface area (Å²) in [7, 11) is 0. The Balaban J connectivity index is 1.94. The highest BCUT2D eigenvalue weighted by molar-refractivity contribution is 5.46. The lowest BCUT2D eigenvalue weighted by molar-refractivity contribution is -0.137. The quantitative estimate of drug-likeness (QED) is 0.853. The number of benzene rings is 1. The number of halogens is 3. The predicted molar refractivity (Wildman–Crippen MR) is 63.3 cm³/mol. The second-order valence-corrected chi connectivity index (χ2v) is 4.72. The van der Waals surface area contributed by atoms with Gasteiger partial charge in [0.2, 0.25) is 0 Å². The van der Waals surface area contributed by atoms with Crippen molar-refractivity contribution in [3.8, 4) is 0 Å². The van der Waals surface area contributed by atoms with Gasteiger partial charge in [-0.3, -0.25) is 0 Å². The van der Waals surface area contributed by atoms with Gasteiger partial charge in [-0.2, -0.15) is 13.2 Å². The first-order valence-corrected chi connectivity index (χ1v) is 6.07. The third kappa shape index (κ3) is 3.38. The van der Waals surface area contributed by atoms with E-state index < -0.39 is 11.7 Å². The van der Waals surface area contributed by atoms with Crippen molar-refractivity contribution in [2.24, 2.45) is 0 Å². The fraction of sp³-hybridized carbons (Fsp3) is 0.538. The number of rotatable bonds is 2. The van der Waals surface area contributed by atoms with Crippen molar-refractivity contribution in [2.45, 2.75) is 44.0 Å². The first kappa shape index (κ1) is 13.2. The van der Waals surface area contributed by atoms with Gasteiger partial charge in [0.05, 0.1) is 11.7 Å². The number of hydrogen-bond donors (Lipinski definition) is 2. The van der Waals surface area contributed by atoms with Crippen LogP contribution in [0.4, 0.5) is 18.9 Å². The van der Waals surface area contributed by atoms with E-state index in [-0.39, 0.29) is 12.1 Å². The first-order chi connectivity index (χ1) is 8.45. The highest BCUT2D eigenvalue weighted by Gasteiger charge is 2.30. The van der Waals surface area contributed by atoms with Gasteiger partial charge >= 0.3 is 6.18 Å². The Morgan fingerprint density at radius 3 is 2.06 bits per heavy atom. The molecule has 1 aromatic rings. The number of alkyl halides is 3. The van der Waals surface area contributed by atoms with Crippen LogP contribution in [0, 0.1) is 0 Å². The summed E-state index contributed by atoms with van der Waals surface area (Å²) in [6.45, 7) is 0. The molecule has 18 heavy (non-hydrogen) atoms. The van der Waals surface area contributed by atoms with Crippen LogP contribution in [0.25, 0.3) is 0 Å². The number of aliphatic hydroxyl groups is 1. The van der Waals surface area contributed by atoms with E-state index in [0.717, 1.165) is 37.8 Å². The van der Waals surface area contributed by atoms with Gasteiger partial charge in [0.25, 0.3) is 0 Å². The molecule has 0 aliphatic heterocycles. The smallest absolute Gasteiger partial charge is 0.393 e. The molecule has 0 saturated heterocycles. The van der Waals surface area contributed by atoms with Crippen molar-refractivity contribution >= 4 is 5.69 Å². The number of nitrogens with one attached hydrogen (secondary N) is 1. The molecule has 1 saturated carbocycles. The first-order valence-electron chi connectivity index (χ1n) is 6.07. The molecule has 1 aromatic carbocycles. The molecule has 1 aliphatic carbocycles. The van der Waals surface area contributed by atoms with Crippen molar-refractivity contribution in [3.05, 3.63) is 29.8 Å². The lowest BCUT2D eigenvalue weighted by atomic mass is 9.93. The average molecular weight is 259 g/mol. The maximum Gasteiger partial charge on any atom is 0.416 e. The molecule has 0 spiro atoms. The molecule has 0 amide bonds. The number of aliphatic hydroxyl groups excluding tert-OH is 1. The zero-order valence-electron chi connectivity index (χ0n) is 9.87. The van der Waals surface area contributed by atoms with E-state index in [9.17, 15) is 18.3 Å². The highest BCUT2D eigenvalue weighted by Crippen LogP contribution is 2.30. The van der Waals surface area contributed by atoms with E-state index in [1.54, 1.807) is 0 Å². The Kier molecular flexibility index (Phi) is 3.80. The summed E-state index contributed by atoms with van der Waals surface area (Å²) in [5.41, 5.74) is 0.0662. The molecule has 0 heterocycles. The summed E-state index contributed by atoms with van der Waals surface area (Å²) >= 11 is 0. The van der Waals surface area contributed by atoms with Crippen molar-refractivity contribution < 1.29 is 18.3 Å². The van der Waals surface area contributed by atoms with Gasteiger partial charge in [-0.15, -0.1) is 0 Å². The van der Waals surface area contributed by atoms with Crippen LogP contribution in [-0.4, -0.2) is 17.3 Å². The molecule has 0 aromatic heterocycles. The van der Waals surface area contributed by atoms with Crippen molar-refractivity contribution in [3.63, 3.8) is 0 Å². The van der Waals surface area contributed by atoms with Gasteiger partial charge in [-0.05, 0) is 49.9 Å². The SMILES string of the molecule is OC1CCC(Nc2ccc(C(F)(F)F)cc2)CC1. The monoisotopic (exact) mass is 259 g/mol. The minimum atomic E-state index is -4.28. The summed E-state index contributed by atoms with van der Waals surface area (Å²) in [5.74, 6) is 0. The normalized spacial score (nSPS) is 24.9. The van der Waals surface area contributed by atoms with Gasteiger partial charge in [0.1, 0.15) is 0 Å². The fourth-order valence-electron chi connectivity index (χ4n) is 2.21. The van der Waals surface area contributed by atoms with Crippen molar-refractivity contribution in [2.75, 3.05) is 5.32 Å². The van der Waals surface area contributed by atoms with E-state index in [1.165, 1.54) is 12.1 Å². The van der Waals surface area contributed by atoms with E-state index in [1.807, 2.05) is 0 Å². The Bertz CT molecular complexity index is 380. The average Bonchev–Trinajstić information content (AvgIpc) is 2.32. The Morgan fingerprint density at radius 2 is 1.56 bits per heavy atom. The van der Waals surface area contributed by atoms with Gasteiger partial charge in [0, 0.05) is 11.7 Å². The summed E-state index contributed by atoms with van der Waals surface area (Å²) < 4.78 is 37.1. The van der Waals surface area contributed by atoms with E-state index in [2.05, 4.69) is 5.32 Å². The molecule has 1 aliphatic rings.